The summed E-state index contributed by atoms with van der Waals surface area (Å²) in [5.74, 6) is 0.00193. The predicted molar refractivity (Wildman–Crippen MR) is 92.4 cm³/mol. The van der Waals surface area contributed by atoms with Crippen molar-refractivity contribution in [3.05, 3.63) is 65.5 Å². The lowest BCUT2D eigenvalue weighted by Crippen LogP contribution is -2.42. The highest BCUT2D eigenvalue weighted by Gasteiger charge is 2.20. The fourth-order valence-electron chi connectivity index (χ4n) is 3.08. The molecule has 0 unspecified atom stereocenters. The number of nitrogens with one attached hydrogen (secondary N) is 1. The van der Waals surface area contributed by atoms with E-state index < -0.39 is 0 Å². The summed E-state index contributed by atoms with van der Waals surface area (Å²) >= 11 is 0. The van der Waals surface area contributed by atoms with Gasteiger partial charge in [-0.3, -0.25) is 14.7 Å². The third-order valence-corrected chi connectivity index (χ3v) is 4.29. The van der Waals surface area contributed by atoms with Crippen molar-refractivity contribution < 1.29 is 9.53 Å². The van der Waals surface area contributed by atoms with Crippen LogP contribution >= 0.6 is 0 Å². The van der Waals surface area contributed by atoms with Crippen molar-refractivity contribution in [2.24, 2.45) is 0 Å². The number of methoxy groups -OCH3 is 1. The summed E-state index contributed by atoms with van der Waals surface area (Å²) in [6.45, 7) is 2.53. The Hall–Kier alpha value is -2.24. The van der Waals surface area contributed by atoms with E-state index in [9.17, 15) is 4.79 Å². The Morgan fingerprint density at radius 3 is 2.79 bits per heavy atom. The van der Waals surface area contributed by atoms with Crippen LogP contribution in [-0.4, -0.2) is 42.6 Å². The molecule has 2 heterocycles. The van der Waals surface area contributed by atoms with E-state index in [2.05, 4.69) is 39.5 Å². The summed E-state index contributed by atoms with van der Waals surface area (Å²) in [4.78, 5) is 18.9. The first-order valence-corrected chi connectivity index (χ1v) is 8.24. The minimum atomic E-state index is -0.222. The highest BCUT2D eigenvalue weighted by Crippen LogP contribution is 2.18. The molecule has 0 spiro atoms. The Balaban J connectivity index is 1.58. The molecule has 0 aliphatic carbocycles. The molecule has 0 fully saturated rings. The second kappa shape index (κ2) is 8.04. The first-order valence-electron chi connectivity index (χ1n) is 8.24. The summed E-state index contributed by atoms with van der Waals surface area (Å²) < 4.78 is 5.23. The molecular weight excluding hydrogens is 302 g/mol. The Morgan fingerprint density at radius 1 is 1.25 bits per heavy atom. The van der Waals surface area contributed by atoms with E-state index in [4.69, 9.17) is 4.74 Å². The second-order valence-electron chi connectivity index (χ2n) is 6.06. The number of rotatable bonds is 6. The number of hydrogen-bond acceptors (Lipinski definition) is 4. The van der Waals surface area contributed by atoms with Crippen LogP contribution in [0.2, 0.25) is 0 Å². The lowest BCUT2D eigenvalue weighted by atomic mass is 10.00. The van der Waals surface area contributed by atoms with Crippen molar-refractivity contribution in [1.29, 1.82) is 0 Å². The summed E-state index contributed by atoms with van der Waals surface area (Å²) in [6, 6.07) is 13.9. The fraction of sp³-hybridized carbons (Fsp3) is 0.368. The molecular formula is C19H23N3O2. The number of ether oxygens (including phenoxy) is 1. The van der Waals surface area contributed by atoms with E-state index in [1.807, 2.05) is 18.2 Å². The molecule has 0 saturated carbocycles. The Labute approximate surface area is 142 Å². The van der Waals surface area contributed by atoms with Gasteiger partial charge in [0.1, 0.15) is 0 Å². The SMILES string of the molecule is COC[C@@H](NC(=O)CN1CCc2ccccc2C1)c1ccccn1. The summed E-state index contributed by atoms with van der Waals surface area (Å²) in [5.41, 5.74) is 3.52. The lowest BCUT2D eigenvalue weighted by molar-refractivity contribution is -0.123. The van der Waals surface area contributed by atoms with Gasteiger partial charge in [0.15, 0.2) is 0 Å². The zero-order chi connectivity index (χ0) is 16.8. The standard InChI is InChI=1S/C19H23N3O2/c1-24-14-18(17-8-4-5-10-20-17)21-19(23)13-22-11-9-15-6-2-3-7-16(15)12-22/h2-8,10,18H,9,11-14H2,1H3,(H,21,23)/t18-/m1/s1. The number of nitrogens with zero attached hydrogens (tertiary/aromatic N) is 2. The van der Waals surface area contributed by atoms with Crippen LogP contribution in [0.25, 0.3) is 0 Å². The number of pyridine rings is 1. The maximum absolute atomic E-state index is 12.4. The fourth-order valence-corrected chi connectivity index (χ4v) is 3.08. The first kappa shape index (κ1) is 16.6. The number of fused-ring (bicyclic) bond motifs is 1. The maximum Gasteiger partial charge on any atom is 0.234 e. The molecule has 1 aromatic carbocycles. The number of benzene rings is 1. The molecule has 5 heteroatoms. The Morgan fingerprint density at radius 2 is 2.04 bits per heavy atom. The third-order valence-electron chi connectivity index (χ3n) is 4.29. The monoisotopic (exact) mass is 325 g/mol. The highest BCUT2D eigenvalue weighted by atomic mass is 16.5. The largest absolute Gasteiger partial charge is 0.382 e. The van der Waals surface area contributed by atoms with Gasteiger partial charge in [-0.05, 0) is 29.7 Å². The van der Waals surface area contributed by atoms with Crippen LogP contribution in [0.4, 0.5) is 0 Å². The van der Waals surface area contributed by atoms with Gasteiger partial charge in [0, 0.05) is 26.4 Å². The van der Waals surface area contributed by atoms with Crippen LogP contribution in [0.5, 0.6) is 0 Å². The van der Waals surface area contributed by atoms with Crippen molar-refractivity contribution in [3.63, 3.8) is 0 Å². The van der Waals surface area contributed by atoms with E-state index in [1.165, 1.54) is 11.1 Å². The number of carbonyl (C=O) groups is 1. The van der Waals surface area contributed by atoms with Crippen molar-refractivity contribution in [2.75, 3.05) is 26.8 Å². The van der Waals surface area contributed by atoms with Gasteiger partial charge in [-0.15, -0.1) is 0 Å². The third kappa shape index (κ3) is 4.19. The molecule has 1 aliphatic rings. The van der Waals surface area contributed by atoms with Crippen LogP contribution in [-0.2, 0) is 22.5 Å². The molecule has 0 bridgehead atoms. The Kier molecular flexibility index (Phi) is 5.56. The quantitative estimate of drug-likeness (QED) is 0.882. The highest BCUT2D eigenvalue weighted by molar-refractivity contribution is 5.78. The molecule has 2 aromatic rings. The molecule has 1 N–H and O–H groups in total. The molecule has 126 valence electrons. The minimum Gasteiger partial charge on any atom is -0.382 e. The normalized spacial score (nSPS) is 15.5. The van der Waals surface area contributed by atoms with Gasteiger partial charge in [0.25, 0.3) is 0 Å². The topological polar surface area (TPSA) is 54.5 Å². The number of amides is 1. The number of aromatic nitrogens is 1. The zero-order valence-electron chi connectivity index (χ0n) is 13.9. The predicted octanol–water partition coefficient (Wildman–Crippen LogP) is 1.94. The van der Waals surface area contributed by atoms with Gasteiger partial charge < -0.3 is 10.1 Å². The van der Waals surface area contributed by atoms with Crippen LogP contribution in [0.3, 0.4) is 0 Å². The van der Waals surface area contributed by atoms with Gasteiger partial charge in [-0.1, -0.05) is 30.3 Å². The Bertz CT molecular complexity index is 675. The van der Waals surface area contributed by atoms with Crippen LogP contribution in [0, 0.1) is 0 Å². The van der Waals surface area contributed by atoms with Gasteiger partial charge in [0.05, 0.1) is 24.9 Å². The van der Waals surface area contributed by atoms with Gasteiger partial charge >= 0.3 is 0 Å². The molecule has 1 aromatic heterocycles. The van der Waals surface area contributed by atoms with Crippen LogP contribution < -0.4 is 5.32 Å². The van der Waals surface area contributed by atoms with E-state index in [1.54, 1.807) is 13.3 Å². The molecule has 5 nitrogen and oxygen atoms in total. The first-order chi connectivity index (χ1) is 11.8. The van der Waals surface area contributed by atoms with Crippen molar-refractivity contribution in [1.82, 2.24) is 15.2 Å². The van der Waals surface area contributed by atoms with Crippen molar-refractivity contribution in [3.8, 4) is 0 Å². The molecule has 0 radical (unpaired) electrons. The average Bonchev–Trinajstić information content (AvgIpc) is 2.62. The van der Waals surface area contributed by atoms with Crippen molar-refractivity contribution >= 4 is 5.91 Å². The summed E-state index contributed by atoms with van der Waals surface area (Å²) in [7, 11) is 1.63. The lowest BCUT2D eigenvalue weighted by Gasteiger charge is -2.28. The number of carbonyl (C=O) groups excluding carboxylic acids is 1. The van der Waals surface area contributed by atoms with Crippen molar-refractivity contribution in [2.45, 2.75) is 19.0 Å². The summed E-state index contributed by atoms with van der Waals surface area (Å²) in [6.07, 6.45) is 2.72. The molecule has 1 atom stereocenters. The van der Waals surface area contributed by atoms with E-state index in [0.29, 0.717) is 13.2 Å². The molecule has 3 rings (SSSR count). The summed E-state index contributed by atoms with van der Waals surface area (Å²) in [5, 5.41) is 3.04. The zero-order valence-corrected chi connectivity index (χ0v) is 13.9. The minimum absolute atomic E-state index is 0.00193. The molecule has 0 saturated heterocycles. The second-order valence-corrected chi connectivity index (χ2v) is 6.06. The van der Waals surface area contributed by atoms with Crippen LogP contribution in [0.1, 0.15) is 22.9 Å². The van der Waals surface area contributed by atoms with E-state index in [-0.39, 0.29) is 11.9 Å². The van der Waals surface area contributed by atoms with E-state index >= 15 is 0 Å². The van der Waals surface area contributed by atoms with Gasteiger partial charge in [0.2, 0.25) is 5.91 Å². The van der Waals surface area contributed by atoms with E-state index in [0.717, 1.165) is 25.2 Å². The van der Waals surface area contributed by atoms with Gasteiger partial charge in [-0.25, -0.2) is 0 Å². The van der Waals surface area contributed by atoms with Crippen LogP contribution in [0.15, 0.2) is 48.7 Å². The number of hydrogen-bond donors (Lipinski definition) is 1. The maximum atomic E-state index is 12.4. The van der Waals surface area contributed by atoms with Gasteiger partial charge in [-0.2, -0.15) is 0 Å². The molecule has 1 aliphatic heterocycles. The molecule has 24 heavy (non-hydrogen) atoms. The molecule has 1 amide bonds. The smallest absolute Gasteiger partial charge is 0.234 e. The average molecular weight is 325 g/mol.